The zero-order valence-corrected chi connectivity index (χ0v) is 13.0. The molecule has 106 valence electrons. The number of ether oxygens (including phenoxy) is 1. The number of rotatable bonds is 1. The Morgan fingerprint density at radius 2 is 1.47 bits per heavy atom. The lowest BCUT2D eigenvalue weighted by molar-refractivity contribution is -0.131. The molecule has 0 bridgehead atoms. The molecule has 0 aliphatic carbocycles. The predicted molar refractivity (Wildman–Crippen MR) is 79.6 cm³/mol. The maximum Gasteiger partial charge on any atom is 0.308 e. The molecule has 0 radical (unpaired) electrons. The highest BCUT2D eigenvalue weighted by atomic mass is 16.5. The number of carbonyl (C=O) groups is 1. The summed E-state index contributed by atoms with van der Waals surface area (Å²) in [5, 5.41) is 0. The van der Waals surface area contributed by atoms with Gasteiger partial charge in [-0.25, -0.2) is 0 Å². The highest BCUT2D eigenvalue weighted by Crippen LogP contribution is 2.38. The minimum absolute atomic E-state index is 0.0428. The van der Waals surface area contributed by atoms with E-state index in [0.717, 1.165) is 11.1 Å². The fourth-order valence-corrected chi connectivity index (χ4v) is 2.07. The summed E-state index contributed by atoms with van der Waals surface area (Å²) < 4.78 is 5.30. The summed E-state index contributed by atoms with van der Waals surface area (Å²) in [6.07, 6.45) is 0. The first-order valence-corrected chi connectivity index (χ1v) is 6.56. The molecule has 0 atom stereocenters. The molecule has 0 saturated carbocycles. The van der Waals surface area contributed by atoms with E-state index < -0.39 is 0 Å². The van der Waals surface area contributed by atoms with E-state index in [2.05, 4.69) is 47.6 Å². The third-order valence-corrected chi connectivity index (χ3v) is 3.02. The van der Waals surface area contributed by atoms with Crippen molar-refractivity contribution < 1.29 is 9.53 Å². The number of carbonyl (C=O) groups excluding carboxylic acids is 1. The monoisotopic (exact) mass is 263 g/mol. The van der Waals surface area contributed by atoms with Crippen molar-refractivity contribution >= 4 is 11.7 Å². The van der Waals surface area contributed by atoms with Gasteiger partial charge >= 0.3 is 5.97 Å². The number of anilines is 1. The van der Waals surface area contributed by atoms with Gasteiger partial charge in [0.2, 0.25) is 0 Å². The van der Waals surface area contributed by atoms with Crippen molar-refractivity contribution in [2.75, 3.05) is 5.73 Å². The molecule has 19 heavy (non-hydrogen) atoms. The Labute approximate surface area is 116 Å². The Morgan fingerprint density at radius 1 is 1.00 bits per heavy atom. The first-order chi connectivity index (χ1) is 8.43. The quantitative estimate of drug-likeness (QED) is 0.476. The molecule has 0 amide bonds. The van der Waals surface area contributed by atoms with Gasteiger partial charge < -0.3 is 10.5 Å². The number of benzene rings is 1. The average Bonchev–Trinajstić information content (AvgIpc) is 2.11. The lowest BCUT2D eigenvalue weighted by Crippen LogP contribution is -2.20. The zero-order valence-electron chi connectivity index (χ0n) is 13.0. The van der Waals surface area contributed by atoms with E-state index in [-0.39, 0.29) is 16.8 Å². The van der Waals surface area contributed by atoms with Crippen molar-refractivity contribution in [1.82, 2.24) is 0 Å². The summed E-state index contributed by atoms with van der Waals surface area (Å²) in [5.41, 5.74) is 8.69. The van der Waals surface area contributed by atoms with Crippen molar-refractivity contribution in [3.8, 4) is 5.75 Å². The SMILES string of the molecule is CC(=O)Oc1cc(N)c(C(C)(C)C)cc1C(C)(C)C. The Kier molecular flexibility index (Phi) is 3.99. The van der Waals surface area contributed by atoms with Crippen LogP contribution in [-0.4, -0.2) is 5.97 Å². The van der Waals surface area contributed by atoms with Crippen LogP contribution >= 0.6 is 0 Å². The molecule has 0 aliphatic rings. The molecule has 1 rings (SSSR count). The van der Waals surface area contributed by atoms with Crippen molar-refractivity contribution in [2.45, 2.75) is 59.3 Å². The third-order valence-electron chi connectivity index (χ3n) is 3.02. The van der Waals surface area contributed by atoms with Crippen LogP contribution < -0.4 is 10.5 Å². The molecule has 0 spiro atoms. The van der Waals surface area contributed by atoms with Crippen molar-refractivity contribution in [3.05, 3.63) is 23.3 Å². The number of nitrogen functional groups attached to an aromatic ring is 1. The Hall–Kier alpha value is -1.51. The molecular formula is C16H25NO2. The second-order valence-corrected chi connectivity index (χ2v) is 7.03. The normalized spacial score (nSPS) is 12.4. The van der Waals surface area contributed by atoms with Crippen molar-refractivity contribution in [2.24, 2.45) is 0 Å². The van der Waals surface area contributed by atoms with Gasteiger partial charge in [0.1, 0.15) is 5.75 Å². The van der Waals surface area contributed by atoms with Gasteiger partial charge in [-0.2, -0.15) is 0 Å². The van der Waals surface area contributed by atoms with Crippen LogP contribution in [0, 0.1) is 0 Å². The predicted octanol–water partition coefficient (Wildman–Crippen LogP) is 3.79. The largest absolute Gasteiger partial charge is 0.426 e. The van der Waals surface area contributed by atoms with Crippen LogP contribution in [0.5, 0.6) is 5.75 Å². The molecule has 2 N–H and O–H groups in total. The molecule has 0 aliphatic heterocycles. The van der Waals surface area contributed by atoms with E-state index in [0.29, 0.717) is 11.4 Å². The average molecular weight is 263 g/mol. The topological polar surface area (TPSA) is 52.3 Å². The van der Waals surface area contributed by atoms with E-state index in [1.54, 1.807) is 6.07 Å². The lowest BCUT2D eigenvalue weighted by Gasteiger charge is -2.28. The van der Waals surface area contributed by atoms with Crippen molar-refractivity contribution in [3.63, 3.8) is 0 Å². The lowest BCUT2D eigenvalue weighted by atomic mass is 9.79. The number of hydrogen-bond donors (Lipinski definition) is 1. The zero-order chi connectivity index (χ0) is 15.0. The number of esters is 1. The van der Waals surface area contributed by atoms with Gasteiger partial charge in [0.25, 0.3) is 0 Å². The summed E-state index contributed by atoms with van der Waals surface area (Å²) in [5.74, 6) is 0.235. The molecular weight excluding hydrogens is 238 g/mol. The molecule has 0 fully saturated rings. The van der Waals surface area contributed by atoms with E-state index in [1.807, 2.05) is 0 Å². The summed E-state index contributed by atoms with van der Waals surface area (Å²) in [6, 6.07) is 3.83. The first-order valence-electron chi connectivity index (χ1n) is 6.56. The molecule has 1 aromatic rings. The number of nitrogens with two attached hydrogens (primary N) is 1. The molecule has 0 unspecified atom stereocenters. The van der Waals surface area contributed by atoms with Crippen LogP contribution in [0.2, 0.25) is 0 Å². The summed E-state index contributed by atoms with van der Waals surface area (Å²) in [7, 11) is 0. The molecule has 1 aromatic carbocycles. The highest BCUT2D eigenvalue weighted by molar-refractivity contribution is 5.71. The highest BCUT2D eigenvalue weighted by Gasteiger charge is 2.25. The minimum atomic E-state index is -0.326. The van der Waals surface area contributed by atoms with Gasteiger partial charge in [0, 0.05) is 24.2 Å². The van der Waals surface area contributed by atoms with Crippen LogP contribution in [0.25, 0.3) is 0 Å². The fraction of sp³-hybridized carbons (Fsp3) is 0.562. The van der Waals surface area contributed by atoms with Gasteiger partial charge in [-0.05, 0) is 22.5 Å². The number of hydrogen-bond acceptors (Lipinski definition) is 3. The van der Waals surface area contributed by atoms with E-state index in [1.165, 1.54) is 6.92 Å². The summed E-state index contributed by atoms with van der Waals surface area (Å²) in [6.45, 7) is 14.1. The van der Waals surface area contributed by atoms with Crippen molar-refractivity contribution in [1.29, 1.82) is 0 Å². The second-order valence-electron chi connectivity index (χ2n) is 7.03. The van der Waals surface area contributed by atoms with Crippen LogP contribution in [0.4, 0.5) is 5.69 Å². The standard InChI is InChI=1S/C16H25NO2/c1-10(18)19-14-9-13(17)11(15(2,3)4)8-12(14)16(5,6)7/h8-9H,17H2,1-7H3. The van der Waals surface area contributed by atoms with Gasteiger partial charge in [-0.3, -0.25) is 4.79 Å². The fourth-order valence-electron chi connectivity index (χ4n) is 2.07. The van der Waals surface area contributed by atoms with E-state index in [4.69, 9.17) is 10.5 Å². The minimum Gasteiger partial charge on any atom is -0.426 e. The summed E-state index contributed by atoms with van der Waals surface area (Å²) >= 11 is 0. The van der Waals surface area contributed by atoms with E-state index >= 15 is 0 Å². The van der Waals surface area contributed by atoms with Crippen LogP contribution in [-0.2, 0) is 15.6 Å². The van der Waals surface area contributed by atoms with Crippen LogP contribution in [0.15, 0.2) is 12.1 Å². The third kappa shape index (κ3) is 3.72. The molecule has 3 heteroatoms. The maximum atomic E-state index is 11.2. The molecule has 0 aromatic heterocycles. The smallest absolute Gasteiger partial charge is 0.308 e. The maximum absolute atomic E-state index is 11.2. The Morgan fingerprint density at radius 3 is 1.84 bits per heavy atom. The van der Waals surface area contributed by atoms with Crippen LogP contribution in [0.1, 0.15) is 59.6 Å². The van der Waals surface area contributed by atoms with Gasteiger partial charge in [-0.15, -0.1) is 0 Å². The van der Waals surface area contributed by atoms with Gasteiger partial charge in [0.15, 0.2) is 0 Å². The van der Waals surface area contributed by atoms with Gasteiger partial charge in [-0.1, -0.05) is 41.5 Å². The molecule has 3 nitrogen and oxygen atoms in total. The molecule has 0 heterocycles. The second kappa shape index (κ2) is 4.87. The Bertz CT molecular complexity index is 491. The van der Waals surface area contributed by atoms with E-state index in [9.17, 15) is 4.79 Å². The van der Waals surface area contributed by atoms with Crippen LogP contribution in [0.3, 0.4) is 0 Å². The summed E-state index contributed by atoms with van der Waals surface area (Å²) in [4.78, 5) is 11.2. The molecule has 0 saturated heterocycles. The first kappa shape index (κ1) is 15.5. The van der Waals surface area contributed by atoms with Gasteiger partial charge in [0.05, 0.1) is 0 Å². The Balaban J connectivity index is 3.51.